The number of rotatable bonds is 7. The monoisotopic (exact) mass is 663 g/mol. The number of allylic oxidation sites excluding steroid dienone is 10. The molecule has 2 heterocycles. The van der Waals surface area contributed by atoms with E-state index in [4.69, 9.17) is 9.15 Å². The molecule has 2 aliphatic carbocycles. The Labute approximate surface area is 302 Å². The van der Waals surface area contributed by atoms with E-state index in [2.05, 4.69) is 178 Å². The quantitative estimate of drug-likeness (QED) is 0.128. The molecule has 2 unspecified atom stereocenters. The number of hydrogen-bond acceptors (Lipinski definition) is 1. The molecule has 2 heteroatoms. The van der Waals surface area contributed by atoms with E-state index in [0.717, 1.165) is 59.8 Å². The average molecular weight is 664 g/mol. The van der Waals surface area contributed by atoms with E-state index in [1.165, 1.54) is 44.5 Å². The van der Waals surface area contributed by atoms with Gasteiger partial charge in [-0.2, -0.15) is 0 Å². The smallest absolute Gasteiger partial charge is 0.361 e. The fourth-order valence-corrected chi connectivity index (χ4v) is 7.72. The predicted molar refractivity (Wildman–Crippen MR) is 212 cm³/mol. The lowest BCUT2D eigenvalue weighted by Crippen LogP contribution is -2.16. The number of fused-ring (bicyclic) bond motifs is 2. The summed E-state index contributed by atoms with van der Waals surface area (Å²) in [6.45, 7) is 4.69. The van der Waals surface area contributed by atoms with Gasteiger partial charge in [-0.1, -0.05) is 147 Å². The fourth-order valence-electron chi connectivity index (χ4n) is 7.72. The van der Waals surface area contributed by atoms with E-state index < -0.39 is 0 Å². The predicted octanol–water partition coefficient (Wildman–Crippen LogP) is 13.2. The SMILES string of the molecule is CC1CC(\C=C/C=C/C=C2\CC(C)Cc3c(-c4ccccc4)cc(-c4ccccc4)[o+]c32)=C2OC(c3ccccc3)=CC(c3ccccc3)=C2C1. The van der Waals surface area contributed by atoms with Gasteiger partial charge in [0.2, 0.25) is 0 Å². The van der Waals surface area contributed by atoms with Crippen molar-refractivity contribution in [3.63, 3.8) is 0 Å². The maximum Gasteiger partial charge on any atom is 0.361 e. The Balaban J connectivity index is 1.15. The van der Waals surface area contributed by atoms with Gasteiger partial charge in [0.05, 0.1) is 22.8 Å². The van der Waals surface area contributed by atoms with Gasteiger partial charge in [0.25, 0.3) is 0 Å². The minimum Gasteiger partial charge on any atom is -0.456 e. The fraction of sp³-hybridized carbons (Fsp3) is 0.163. The molecule has 0 N–H and O–H groups in total. The number of hydrogen-bond donors (Lipinski definition) is 0. The van der Waals surface area contributed by atoms with Crippen molar-refractivity contribution in [3.05, 3.63) is 203 Å². The van der Waals surface area contributed by atoms with Gasteiger partial charge in [-0.3, -0.25) is 0 Å². The van der Waals surface area contributed by atoms with Gasteiger partial charge >= 0.3 is 11.5 Å². The second-order valence-electron chi connectivity index (χ2n) is 14.1. The molecule has 0 amide bonds. The van der Waals surface area contributed by atoms with Gasteiger partial charge in [-0.25, -0.2) is 4.42 Å². The maximum atomic E-state index is 6.77. The maximum absolute atomic E-state index is 6.77. The molecule has 51 heavy (non-hydrogen) atoms. The van der Waals surface area contributed by atoms with Gasteiger partial charge in [0.1, 0.15) is 11.5 Å². The summed E-state index contributed by atoms with van der Waals surface area (Å²) >= 11 is 0. The molecular formula is C49H43O2+. The Morgan fingerprint density at radius 1 is 0.608 bits per heavy atom. The van der Waals surface area contributed by atoms with E-state index >= 15 is 0 Å². The van der Waals surface area contributed by atoms with Crippen LogP contribution >= 0.6 is 0 Å². The zero-order valence-electron chi connectivity index (χ0n) is 29.4. The molecule has 0 saturated carbocycles. The van der Waals surface area contributed by atoms with Crippen LogP contribution in [0.1, 0.15) is 55.6 Å². The first-order valence-electron chi connectivity index (χ1n) is 18.2. The minimum absolute atomic E-state index is 0.517. The van der Waals surface area contributed by atoms with Crippen LogP contribution in [0.2, 0.25) is 0 Å². The first-order valence-corrected chi connectivity index (χ1v) is 18.2. The topological polar surface area (TPSA) is 20.5 Å². The third-order valence-electron chi connectivity index (χ3n) is 10.1. The Kier molecular flexibility index (Phi) is 9.32. The van der Waals surface area contributed by atoms with Crippen molar-refractivity contribution < 1.29 is 9.15 Å². The first kappa shape index (κ1) is 32.5. The van der Waals surface area contributed by atoms with Crippen LogP contribution in [-0.4, -0.2) is 0 Å². The molecule has 2 nitrogen and oxygen atoms in total. The zero-order valence-corrected chi connectivity index (χ0v) is 29.4. The largest absolute Gasteiger partial charge is 0.456 e. The molecule has 1 aliphatic heterocycles. The standard InChI is InChI=1S/C49H43O2/c1-34-28-40(48-44(30-34)42(36-18-8-3-9-19-36)32-46(50-48)38-22-12-5-13-23-38)26-16-7-17-27-41-29-35(2)31-45-43(37-20-10-4-11-21-37)33-47(51-49(41)45)39-24-14-6-15-25-39/h3-27,32-35H,28-31H2,1-2H3/q+1. The Hall–Kier alpha value is -5.73. The van der Waals surface area contributed by atoms with Crippen molar-refractivity contribution in [2.75, 3.05) is 0 Å². The Bertz CT molecular complexity index is 2220. The van der Waals surface area contributed by atoms with E-state index in [1.54, 1.807) is 0 Å². The summed E-state index contributed by atoms with van der Waals surface area (Å²) in [5.74, 6) is 4.84. The van der Waals surface area contributed by atoms with Crippen LogP contribution in [-0.2, 0) is 11.2 Å². The average Bonchev–Trinajstić information content (AvgIpc) is 3.18. The van der Waals surface area contributed by atoms with Crippen molar-refractivity contribution in [2.45, 2.75) is 39.5 Å². The molecule has 0 fully saturated rings. The summed E-state index contributed by atoms with van der Waals surface area (Å²) in [4.78, 5) is 0. The van der Waals surface area contributed by atoms with Gasteiger partial charge < -0.3 is 4.74 Å². The summed E-state index contributed by atoms with van der Waals surface area (Å²) in [7, 11) is 0. The van der Waals surface area contributed by atoms with E-state index in [-0.39, 0.29) is 0 Å². The van der Waals surface area contributed by atoms with Gasteiger partial charge in [0, 0.05) is 16.7 Å². The van der Waals surface area contributed by atoms with Crippen LogP contribution in [0.4, 0.5) is 0 Å². The lowest BCUT2D eigenvalue weighted by Gasteiger charge is -2.32. The molecule has 250 valence electrons. The summed E-state index contributed by atoms with van der Waals surface area (Å²) in [6, 6.07) is 44.6. The van der Waals surface area contributed by atoms with E-state index in [9.17, 15) is 0 Å². The summed E-state index contributed by atoms with van der Waals surface area (Å²) in [5, 5.41) is 0. The molecule has 0 spiro atoms. The van der Waals surface area contributed by atoms with Crippen molar-refractivity contribution in [1.82, 2.24) is 0 Å². The molecule has 5 aromatic rings. The van der Waals surface area contributed by atoms with Crippen molar-refractivity contribution in [2.24, 2.45) is 11.8 Å². The lowest BCUT2D eigenvalue weighted by molar-refractivity contribution is 0.358. The summed E-state index contributed by atoms with van der Waals surface area (Å²) < 4.78 is 13.5. The Morgan fingerprint density at radius 2 is 1.22 bits per heavy atom. The second-order valence-corrected chi connectivity index (χ2v) is 14.1. The van der Waals surface area contributed by atoms with Gasteiger partial charge in [-0.05, 0) is 84.1 Å². The molecule has 8 rings (SSSR count). The molecule has 0 saturated heterocycles. The van der Waals surface area contributed by atoms with Crippen LogP contribution in [0.3, 0.4) is 0 Å². The van der Waals surface area contributed by atoms with Crippen LogP contribution < -0.4 is 0 Å². The normalized spacial score (nSPS) is 19.6. The van der Waals surface area contributed by atoms with Crippen LogP contribution in [0.25, 0.3) is 39.4 Å². The zero-order chi connectivity index (χ0) is 34.6. The van der Waals surface area contributed by atoms with Crippen LogP contribution in [0.5, 0.6) is 0 Å². The molecular weight excluding hydrogens is 621 g/mol. The summed E-state index contributed by atoms with van der Waals surface area (Å²) in [6.07, 6.45) is 17.2. The highest BCUT2D eigenvalue weighted by molar-refractivity contribution is 5.88. The second kappa shape index (κ2) is 14.6. The van der Waals surface area contributed by atoms with E-state index in [1.807, 2.05) is 0 Å². The van der Waals surface area contributed by atoms with Crippen molar-refractivity contribution in [1.29, 1.82) is 0 Å². The lowest BCUT2D eigenvalue weighted by atomic mass is 9.80. The Morgan fingerprint density at radius 3 is 1.90 bits per heavy atom. The molecule has 0 radical (unpaired) electrons. The van der Waals surface area contributed by atoms with Crippen LogP contribution in [0, 0.1) is 11.8 Å². The highest BCUT2D eigenvalue weighted by atomic mass is 16.5. The number of benzene rings is 4. The minimum atomic E-state index is 0.517. The molecule has 2 atom stereocenters. The molecule has 4 aromatic carbocycles. The first-order chi connectivity index (χ1) is 25.1. The highest BCUT2D eigenvalue weighted by Gasteiger charge is 2.34. The molecule has 3 aliphatic rings. The molecule has 1 aromatic heterocycles. The molecule has 0 bridgehead atoms. The van der Waals surface area contributed by atoms with Gasteiger partial charge in [0.15, 0.2) is 0 Å². The van der Waals surface area contributed by atoms with Crippen molar-refractivity contribution >= 4 is 16.9 Å². The van der Waals surface area contributed by atoms with Gasteiger partial charge in [-0.15, -0.1) is 0 Å². The number of ether oxygens (including phenoxy) is 1. The third kappa shape index (κ3) is 7.00. The summed E-state index contributed by atoms with van der Waals surface area (Å²) in [5.41, 5.74) is 12.2. The van der Waals surface area contributed by atoms with E-state index in [0.29, 0.717) is 11.8 Å². The highest BCUT2D eigenvalue weighted by Crippen LogP contribution is 2.46. The van der Waals surface area contributed by atoms with Crippen LogP contribution in [0.15, 0.2) is 185 Å². The van der Waals surface area contributed by atoms with Crippen molar-refractivity contribution in [3.8, 4) is 22.5 Å². The third-order valence-corrected chi connectivity index (χ3v) is 10.1.